The minimum Gasteiger partial charge on any atom is -0.497 e. The molecule has 1 aliphatic heterocycles. The summed E-state index contributed by atoms with van der Waals surface area (Å²) in [6, 6.07) is 8.32. The Labute approximate surface area is 126 Å². The predicted octanol–water partition coefficient (Wildman–Crippen LogP) is 1.92. The molecule has 0 aliphatic carbocycles. The Hall–Kier alpha value is -1.26. The Morgan fingerprint density at radius 3 is 3.05 bits per heavy atom. The predicted molar refractivity (Wildman–Crippen MR) is 82.6 cm³/mol. The van der Waals surface area contributed by atoms with Crippen molar-refractivity contribution in [2.75, 3.05) is 20.2 Å². The van der Waals surface area contributed by atoms with Crippen molar-refractivity contribution in [1.29, 1.82) is 0 Å². The normalized spacial score (nSPS) is 17.4. The van der Waals surface area contributed by atoms with Gasteiger partial charge in [-0.1, -0.05) is 12.1 Å². The molecule has 0 radical (unpaired) electrons. The lowest BCUT2D eigenvalue weighted by Crippen LogP contribution is -2.37. The van der Waals surface area contributed by atoms with E-state index in [0.29, 0.717) is 12.5 Å². The Balaban J connectivity index is 0.00000200. The molecule has 1 aromatic rings. The lowest BCUT2D eigenvalue weighted by atomic mass is 10.1. The van der Waals surface area contributed by atoms with Gasteiger partial charge in [-0.3, -0.25) is 4.79 Å². The van der Waals surface area contributed by atoms with Gasteiger partial charge in [0, 0.05) is 19.0 Å². The smallest absolute Gasteiger partial charge is 0.220 e. The van der Waals surface area contributed by atoms with E-state index in [1.165, 1.54) is 6.42 Å². The van der Waals surface area contributed by atoms with E-state index < -0.39 is 0 Å². The topological polar surface area (TPSA) is 50.4 Å². The molecule has 1 atom stereocenters. The first kappa shape index (κ1) is 16.8. The van der Waals surface area contributed by atoms with Gasteiger partial charge in [0.1, 0.15) is 5.75 Å². The summed E-state index contributed by atoms with van der Waals surface area (Å²) < 4.78 is 5.17. The average molecular weight is 299 g/mol. The Bertz CT molecular complexity index is 420. The van der Waals surface area contributed by atoms with E-state index in [1.807, 2.05) is 24.3 Å². The number of hydrogen-bond acceptors (Lipinski definition) is 3. The zero-order valence-electron chi connectivity index (χ0n) is 11.9. The van der Waals surface area contributed by atoms with Crippen LogP contribution in [0.1, 0.15) is 24.8 Å². The molecular formula is C15H23ClN2O2. The molecule has 0 aromatic heterocycles. The molecule has 1 fully saturated rings. The summed E-state index contributed by atoms with van der Waals surface area (Å²) in [7, 11) is 1.65. The number of nitrogens with one attached hydrogen (secondary N) is 2. The summed E-state index contributed by atoms with van der Waals surface area (Å²) in [6.45, 7) is 1.82. The third-order valence-electron chi connectivity index (χ3n) is 3.48. The summed E-state index contributed by atoms with van der Waals surface area (Å²) in [4.78, 5) is 11.8. The molecule has 4 nitrogen and oxygen atoms in total. The second kappa shape index (κ2) is 8.82. The molecule has 20 heavy (non-hydrogen) atoms. The van der Waals surface area contributed by atoms with Crippen molar-refractivity contribution in [2.45, 2.75) is 31.7 Å². The lowest BCUT2D eigenvalue weighted by Gasteiger charge is -2.11. The first-order valence-electron chi connectivity index (χ1n) is 6.91. The molecule has 1 amide bonds. The van der Waals surface area contributed by atoms with Gasteiger partial charge in [-0.25, -0.2) is 0 Å². The SMILES string of the molecule is COc1cccc(CCC(=O)NCC2CCCN2)c1.Cl. The van der Waals surface area contributed by atoms with Gasteiger partial charge in [0.05, 0.1) is 7.11 Å². The maximum Gasteiger partial charge on any atom is 0.220 e. The van der Waals surface area contributed by atoms with E-state index >= 15 is 0 Å². The number of rotatable bonds is 6. The van der Waals surface area contributed by atoms with Gasteiger partial charge in [0.25, 0.3) is 0 Å². The zero-order chi connectivity index (χ0) is 13.5. The van der Waals surface area contributed by atoms with Crippen LogP contribution < -0.4 is 15.4 Å². The summed E-state index contributed by atoms with van der Waals surface area (Å²) in [6.07, 6.45) is 3.65. The fraction of sp³-hybridized carbons (Fsp3) is 0.533. The van der Waals surface area contributed by atoms with Crippen molar-refractivity contribution in [3.8, 4) is 5.75 Å². The lowest BCUT2D eigenvalue weighted by molar-refractivity contribution is -0.121. The van der Waals surface area contributed by atoms with E-state index in [0.717, 1.165) is 37.2 Å². The summed E-state index contributed by atoms with van der Waals surface area (Å²) in [5.74, 6) is 0.963. The third kappa shape index (κ3) is 5.39. The van der Waals surface area contributed by atoms with E-state index in [4.69, 9.17) is 4.74 Å². The Kier molecular flexibility index (Phi) is 7.41. The fourth-order valence-corrected chi connectivity index (χ4v) is 2.34. The highest BCUT2D eigenvalue weighted by Crippen LogP contribution is 2.13. The number of halogens is 1. The minimum absolute atomic E-state index is 0. The summed E-state index contributed by atoms with van der Waals surface area (Å²) in [5.41, 5.74) is 1.13. The summed E-state index contributed by atoms with van der Waals surface area (Å²) >= 11 is 0. The number of benzene rings is 1. The van der Waals surface area contributed by atoms with Gasteiger partial charge in [0.2, 0.25) is 5.91 Å². The summed E-state index contributed by atoms with van der Waals surface area (Å²) in [5, 5.41) is 6.36. The number of hydrogen-bond donors (Lipinski definition) is 2. The molecule has 1 aliphatic rings. The molecule has 112 valence electrons. The zero-order valence-corrected chi connectivity index (χ0v) is 12.7. The number of carbonyl (C=O) groups excluding carboxylic acids is 1. The van der Waals surface area contributed by atoms with Crippen molar-refractivity contribution in [3.63, 3.8) is 0 Å². The van der Waals surface area contributed by atoms with Crippen LogP contribution in [0.2, 0.25) is 0 Å². The Morgan fingerprint density at radius 2 is 2.35 bits per heavy atom. The van der Waals surface area contributed by atoms with Gasteiger partial charge in [-0.15, -0.1) is 12.4 Å². The first-order valence-corrected chi connectivity index (χ1v) is 6.91. The molecular weight excluding hydrogens is 276 g/mol. The molecule has 1 saturated heterocycles. The quantitative estimate of drug-likeness (QED) is 0.843. The van der Waals surface area contributed by atoms with Crippen molar-refractivity contribution in [2.24, 2.45) is 0 Å². The van der Waals surface area contributed by atoms with Crippen molar-refractivity contribution in [3.05, 3.63) is 29.8 Å². The second-order valence-electron chi connectivity index (χ2n) is 4.95. The second-order valence-corrected chi connectivity index (χ2v) is 4.95. The maximum atomic E-state index is 11.8. The van der Waals surface area contributed by atoms with Gasteiger partial charge < -0.3 is 15.4 Å². The fourth-order valence-electron chi connectivity index (χ4n) is 2.34. The van der Waals surface area contributed by atoms with Gasteiger partial charge in [-0.05, 0) is 43.5 Å². The number of ether oxygens (including phenoxy) is 1. The molecule has 0 bridgehead atoms. The van der Waals surface area contributed by atoms with Crippen LogP contribution in [-0.4, -0.2) is 32.1 Å². The van der Waals surface area contributed by atoms with Crippen LogP contribution >= 0.6 is 12.4 Å². The highest BCUT2D eigenvalue weighted by Gasteiger charge is 2.14. The molecule has 0 spiro atoms. The van der Waals surface area contributed by atoms with Crippen LogP contribution in [0.25, 0.3) is 0 Å². The molecule has 1 heterocycles. The maximum absolute atomic E-state index is 11.8. The van der Waals surface area contributed by atoms with E-state index in [2.05, 4.69) is 10.6 Å². The van der Waals surface area contributed by atoms with Crippen molar-refractivity contribution >= 4 is 18.3 Å². The highest BCUT2D eigenvalue weighted by molar-refractivity contribution is 5.85. The van der Waals surface area contributed by atoms with Crippen LogP contribution in [0, 0.1) is 0 Å². The van der Waals surface area contributed by atoms with Gasteiger partial charge >= 0.3 is 0 Å². The van der Waals surface area contributed by atoms with Crippen LogP contribution in [0.15, 0.2) is 24.3 Å². The van der Waals surface area contributed by atoms with Gasteiger partial charge in [-0.2, -0.15) is 0 Å². The molecule has 2 rings (SSSR count). The van der Waals surface area contributed by atoms with Crippen LogP contribution in [0.5, 0.6) is 5.75 Å². The molecule has 1 unspecified atom stereocenters. The minimum atomic E-state index is 0. The molecule has 1 aromatic carbocycles. The average Bonchev–Trinajstić information content (AvgIpc) is 2.96. The highest BCUT2D eigenvalue weighted by atomic mass is 35.5. The number of carbonyl (C=O) groups is 1. The first-order chi connectivity index (χ1) is 9.28. The van der Waals surface area contributed by atoms with E-state index in [1.54, 1.807) is 7.11 Å². The van der Waals surface area contributed by atoms with Gasteiger partial charge in [0.15, 0.2) is 0 Å². The van der Waals surface area contributed by atoms with Crippen LogP contribution in [0.4, 0.5) is 0 Å². The number of amides is 1. The van der Waals surface area contributed by atoms with Crippen LogP contribution in [0.3, 0.4) is 0 Å². The number of methoxy groups -OCH3 is 1. The molecule has 5 heteroatoms. The Morgan fingerprint density at radius 1 is 1.50 bits per heavy atom. The van der Waals surface area contributed by atoms with Crippen molar-refractivity contribution in [1.82, 2.24) is 10.6 Å². The van der Waals surface area contributed by atoms with Crippen molar-refractivity contribution < 1.29 is 9.53 Å². The number of aryl methyl sites for hydroxylation is 1. The van der Waals surface area contributed by atoms with E-state index in [-0.39, 0.29) is 18.3 Å². The molecule has 2 N–H and O–H groups in total. The standard InChI is InChI=1S/C15H22N2O2.ClH/c1-19-14-6-2-4-12(10-14)7-8-15(18)17-11-13-5-3-9-16-13;/h2,4,6,10,13,16H,3,5,7-9,11H2,1H3,(H,17,18);1H. The third-order valence-corrected chi connectivity index (χ3v) is 3.48. The van der Waals surface area contributed by atoms with E-state index in [9.17, 15) is 4.79 Å². The van der Waals surface area contributed by atoms with Crippen LogP contribution in [-0.2, 0) is 11.2 Å². The monoisotopic (exact) mass is 298 g/mol. The molecule has 0 saturated carbocycles. The largest absolute Gasteiger partial charge is 0.497 e.